The van der Waals surface area contributed by atoms with E-state index < -0.39 is 0 Å². The molecule has 1 amide bonds. The lowest BCUT2D eigenvalue weighted by Gasteiger charge is -2.13. The largest absolute Gasteiger partial charge is 0.488 e. The van der Waals surface area contributed by atoms with Gasteiger partial charge in [0.05, 0.1) is 10.8 Å². The summed E-state index contributed by atoms with van der Waals surface area (Å²) in [5.74, 6) is 0.432. The highest BCUT2D eigenvalue weighted by Gasteiger charge is 2.11. The molecule has 112 valence electrons. The summed E-state index contributed by atoms with van der Waals surface area (Å²) in [6.07, 6.45) is 0.442. The van der Waals surface area contributed by atoms with Crippen molar-refractivity contribution in [1.29, 1.82) is 0 Å². The third-order valence-corrected chi connectivity index (χ3v) is 3.03. The van der Waals surface area contributed by atoms with E-state index >= 15 is 0 Å². The molecule has 1 aromatic rings. The first-order valence-electron chi connectivity index (χ1n) is 5.61. The predicted molar refractivity (Wildman–Crippen MR) is 83.1 cm³/mol. The van der Waals surface area contributed by atoms with E-state index in [1.165, 1.54) is 4.90 Å². The Morgan fingerprint density at radius 3 is 2.60 bits per heavy atom. The summed E-state index contributed by atoms with van der Waals surface area (Å²) in [5, 5.41) is 0. The number of amides is 1. The number of nitrogens with zero attached hydrogens (tertiary/aromatic N) is 1. The van der Waals surface area contributed by atoms with Crippen molar-refractivity contribution in [2.75, 3.05) is 27.2 Å². The molecule has 20 heavy (non-hydrogen) atoms. The van der Waals surface area contributed by atoms with Crippen LogP contribution in [0.1, 0.15) is 10.4 Å². The summed E-state index contributed by atoms with van der Waals surface area (Å²) >= 11 is 3.32. The van der Waals surface area contributed by atoms with Gasteiger partial charge in [-0.15, -0.1) is 12.4 Å². The maximum Gasteiger partial charge on any atom is 0.253 e. The molecule has 0 aromatic heterocycles. The van der Waals surface area contributed by atoms with Crippen LogP contribution in [0.15, 0.2) is 34.6 Å². The van der Waals surface area contributed by atoms with Gasteiger partial charge in [0, 0.05) is 31.8 Å². The van der Waals surface area contributed by atoms with Crippen molar-refractivity contribution in [3.8, 4) is 5.75 Å². The Morgan fingerprint density at radius 2 is 2.15 bits per heavy atom. The molecular weight excluding hydrogens is 351 g/mol. The van der Waals surface area contributed by atoms with Crippen LogP contribution in [0.5, 0.6) is 5.75 Å². The van der Waals surface area contributed by atoms with E-state index in [9.17, 15) is 9.18 Å². The SMILES string of the molecule is CN(C)C(=O)c1ccc(OC/C(=C\F)CN)c(Br)c1.Cl. The molecular formula is C13H17BrClFN2O2. The number of carbonyl (C=O) groups excluding carboxylic acids is 1. The summed E-state index contributed by atoms with van der Waals surface area (Å²) in [6, 6.07) is 4.98. The van der Waals surface area contributed by atoms with Gasteiger partial charge in [-0.1, -0.05) is 0 Å². The van der Waals surface area contributed by atoms with Gasteiger partial charge in [-0.05, 0) is 34.1 Å². The molecule has 0 atom stereocenters. The number of hydrogen-bond donors (Lipinski definition) is 1. The second kappa shape index (κ2) is 8.94. The average molecular weight is 368 g/mol. The van der Waals surface area contributed by atoms with Crippen molar-refractivity contribution in [2.24, 2.45) is 5.73 Å². The maximum atomic E-state index is 12.3. The molecule has 0 aliphatic carbocycles. The highest BCUT2D eigenvalue weighted by Crippen LogP contribution is 2.26. The molecule has 2 N–H and O–H groups in total. The molecule has 0 spiro atoms. The van der Waals surface area contributed by atoms with Crippen molar-refractivity contribution in [1.82, 2.24) is 4.90 Å². The zero-order chi connectivity index (χ0) is 14.4. The minimum atomic E-state index is -0.0986. The molecule has 0 radical (unpaired) electrons. The van der Waals surface area contributed by atoms with Gasteiger partial charge in [0.25, 0.3) is 5.91 Å². The standard InChI is InChI=1S/C13H16BrFN2O2.ClH/c1-17(2)13(18)10-3-4-12(11(14)5-10)19-8-9(6-15)7-16;/h3-6H,7-8,16H2,1-2H3;1H/b9-6-;. The van der Waals surface area contributed by atoms with Gasteiger partial charge in [0.1, 0.15) is 12.4 Å². The molecule has 1 aromatic carbocycles. The fourth-order valence-electron chi connectivity index (χ4n) is 1.31. The number of halogens is 3. The molecule has 0 bridgehead atoms. The van der Waals surface area contributed by atoms with Gasteiger partial charge in [0.15, 0.2) is 0 Å². The van der Waals surface area contributed by atoms with Crippen LogP contribution in [-0.4, -0.2) is 38.1 Å². The lowest BCUT2D eigenvalue weighted by Crippen LogP contribution is -2.21. The van der Waals surface area contributed by atoms with E-state index in [0.717, 1.165) is 0 Å². The number of ether oxygens (including phenoxy) is 1. The summed E-state index contributed by atoms with van der Waals surface area (Å²) in [7, 11) is 3.36. The van der Waals surface area contributed by atoms with Crippen molar-refractivity contribution in [3.63, 3.8) is 0 Å². The highest BCUT2D eigenvalue weighted by molar-refractivity contribution is 9.10. The molecule has 7 heteroatoms. The Hall–Kier alpha value is -1.11. The zero-order valence-electron chi connectivity index (χ0n) is 11.2. The predicted octanol–water partition coefficient (Wildman–Crippen LogP) is 2.76. The van der Waals surface area contributed by atoms with E-state index in [2.05, 4.69) is 15.9 Å². The normalized spacial score (nSPS) is 10.8. The lowest BCUT2D eigenvalue weighted by atomic mass is 10.2. The first kappa shape index (κ1) is 18.9. The molecule has 0 fully saturated rings. The third kappa shape index (κ3) is 5.11. The number of benzene rings is 1. The van der Waals surface area contributed by atoms with Crippen LogP contribution >= 0.6 is 28.3 Å². The Morgan fingerprint density at radius 1 is 1.50 bits per heavy atom. The van der Waals surface area contributed by atoms with Crippen molar-refractivity contribution < 1.29 is 13.9 Å². The third-order valence-electron chi connectivity index (χ3n) is 2.41. The van der Waals surface area contributed by atoms with Gasteiger partial charge in [-0.3, -0.25) is 4.79 Å². The van der Waals surface area contributed by atoms with Crippen LogP contribution in [0.2, 0.25) is 0 Å². The van der Waals surface area contributed by atoms with Crippen LogP contribution in [0.3, 0.4) is 0 Å². The molecule has 0 aliphatic heterocycles. The van der Waals surface area contributed by atoms with Crippen LogP contribution in [0.4, 0.5) is 4.39 Å². The minimum absolute atomic E-state index is 0. The Kier molecular flexibility index (Phi) is 8.45. The fourth-order valence-corrected chi connectivity index (χ4v) is 1.81. The van der Waals surface area contributed by atoms with Gasteiger partial charge >= 0.3 is 0 Å². The number of rotatable bonds is 5. The average Bonchev–Trinajstić information content (AvgIpc) is 2.40. The maximum absolute atomic E-state index is 12.3. The van der Waals surface area contributed by atoms with E-state index in [-0.39, 0.29) is 31.5 Å². The monoisotopic (exact) mass is 366 g/mol. The molecule has 1 rings (SSSR count). The number of hydrogen-bond acceptors (Lipinski definition) is 3. The topological polar surface area (TPSA) is 55.6 Å². The first-order chi connectivity index (χ1) is 8.99. The Bertz CT molecular complexity index is 495. The van der Waals surface area contributed by atoms with Crippen molar-refractivity contribution >= 4 is 34.2 Å². The minimum Gasteiger partial charge on any atom is -0.488 e. The Labute approximate surface area is 132 Å². The van der Waals surface area contributed by atoms with Crippen LogP contribution in [-0.2, 0) is 0 Å². The second-order valence-electron chi connectivity index (χ2n) is 4.10. The zero-order valence-corrected chi connectivity index (χ0v) is 13.6. The highest BCUT2D eigenvalue weighted by atomic mass is 79.9. The van der Waals surface area contributed by atoms with Crippen LogP contribution in [0, 0.1) is 0 Å². The first-order valence-corrected chi connectivity index (χ1v) is 6.41. The summed E-state index contributed by atoms with van der Waals surface area (Å²) in [6.45, 7) is 0.178. The number of nitrogens with two attached hydrogens (primary N) is 1. The molecule has 0 saturated carbocycles. The van der Waals surface area contributed by atoms with E-state index in [0.29, 0.717) is 27.7 Å². The summed E-state index contributed by atoms with van der Waals surface area (Å²) in [5.41, 5.74) is 6.24. The fraction of sp³-hybridized carbons (Fsp3) is 0.308. The van der Waals surface area contributed by atoms with E-state index in [1.54, 1.807) is 32.3 Å². The van der Waals surface area contributed by atoms with Crippen molar-refractivity contribution in [3.05, 3.63) is 40.1 Å². The van der Waals surface area contributed by atoms with Crippen molar-refractivity contribution in [2.45, 2.75) is 0 Å². The molecule has 4 nitrogen and oxygen atoms in total. The Balaban J connectivity index is 0.00000361. The quantitative estimate of drug-likeness (QED) is 0.870. The van der Waals surface area contributed by atoms with Gasteiger partial charge in [0.2, 0.25) is 0 Å². The van der Waals surface area contributed by atoms with Gasteiger partial charge in [-0.25, -0.2) is 4.39 Å². The smallest absolute Gasteiger partial charge is 0.253 e. The summed E-state index contributed by atoms with van der Waals surface area (Å²) < 4.78 is 18.4. The van der Waals surface area contributed by atoms with E-state index in [4.69, 9.17) is 10.5 Å². The molecule has 0 unspecified atom stereocenters. The van der Waals surface area contributed by atoms with Crippen LogP contribution < -0.4 is 10.5 Å². The molecule has 0 heterocycles. The summed E-state index contributed by atoms with van der Waals surface area (Å²) in [4.78, 5) is 13.2. The van der Waals surface area contributed by atoms with Gasteiger partial charge in [-0.2, -0.15) is 0 Å². The molecule has 0 saturated heterocycles. The lowest BCUT2D eigenvalue weighted by molar-refractivity contribution is 0.0827. The van der Waals surface area contributed by atoms with E-state index in [1.807, 2.05) is 0 Å². The number of carbonyl (C=O) groups is 1. The molecule has 0 aliphatic rings. The second-order valence-corrected chi connectivity index (χ2v) is 4.96. The van der Waals surface area contributed by atoms with Crippen LogP contribution in [0.25, 0.3) is 0 Å². The van der Waals surface area contributed by atoms with Gasteiger partial charge < -0.3 is 15.4 Å².